The highest BCUT2D eigenvalue weighted by Gasteiger charge is 2.47. The molecular weight excluding hydrogens is 548 g/mol. The third kappa shape index (κ3) is 21.1. The van der Waals surface area contributed by atoms with Gasteiger partial charge in [-0.3, -0.25) is 8.98 Å². The fourth-order valence-corrected chi connectivity index (χ4v) is 6.95. The highest BCUT2D eigenvalue weighted by atomic mass is 32.3. The first-order chi connectivity index (χ1) is 20.3. The molecule has 0 spiro atoms. The summed E-state index contributed by atoms with van der Waals surface area (Å²) < 4.78 is 41.7. The molecule has 1 unspecified atom stereocenters. The standard InChI is InChI=1S/C35H70O6S/c1-6-9-12-15-18-21-24-27-30-33(34(36)39-4)35(41-42(37,38)40-5,31-28-25-22-19-16-13-10-7-2)32-29-26-23-20-17-14-11-8-3/h33H,6-32H2,1-5H3. The summed E-state index contributed by atoms with van der Waals surface area (Å²) in [5, 5.41) is 0. The fourth-order valence-electron chi connectivity index (χ4n) is 6.19. The molecule has 0 rings (SSSR count). The number of carbonyl (C=O) groups is 1. The minimum Gasteiger partial charge on any atom is -0.469 e. The highest BCUT2D eigenvalue weighted by molar-refractivity contribution is 7.81. The summed E-state index contributed by atoms with van der Waals surface area (Å²) in [4.78, 5) is 13.3. The molecule has 0 saturated heterocycles. The minimum atomic E-state index is -4.24. The molecule has 0 amide bonds. The van der Waals surface area contributed by atoms with Gasteiger partial charge in [-0.1, -0.05) is 175 Å². The molecule has 0 aromatic heterocycles. The largest absolute Gasteiger partial charge is 0.469 e. The van der Waals surface area contributed by atoms with Gasteiger partial charge >= 0.3 is 16.4 Å². The van der Waals surface area contributed by atoms with E-state index in [1.54, 1.807) is 0 Å². The normalized spacial score (nSPS) is 13.0. The lowest BCUT2D eigenvalue weighted by Crippen LogP contribution is -2.47. The average molecular weight is 619 g/mol. The zero-order valence-electron chi connectivity index (χ0n) is 28.5. The van der Waals surface area contributed by atoms with Crippen molar-refractivity contribution in [2.24, 2.45) is 5.92 Å². The molecule has 0 N–H and O–H groups in total. The number of rotatable bonds is 32. The van der Waals surface area contributed by atoms with Gasteiger partial charge in [0.2, 0.25) is 0 Å². The van der Waals surface area contributed by atoms with Gasteiger partial charge in [0.1, 0.15) is 5.60 Å². The maximum Gasteiger partial charge on any atom is 0.400 e. The van der Waals surface area contributed by atoms with Crippen molar-refractivity contribution < 1.29 is 26.3 Å². The molecule has 0 aliphatic rings. The third-order valence-corrected chi connectivity index (χ3v) is 9.79. The van der Waals surface area contributed by atoms with Crippen LogP contribution >= 0.6 is 0 Å². The second-order valence-electron chi connectivity index (χ2n) is 12.5. The van der Waals surface area contributed by atoms with Crippen LogP contribution < -0.4 is 0 Å². The summed E-state index contributed by atoms with van der Waals surface area (Å²) in [6.07, 6.45) is 29.3. The SMILES string of the molecule is CCCCCCCCCCC(C(=O)OC)C(CCCCCCCCCC)(CCCCCCCCCC)OS(=O)(=O)OC. The van der Waals surface area contributed by atoms with Crippen molar-refractivity contribution in [3.63, 3.8) is 0 Å². The van der Waals surface area contributed by atoms with Crippen molar-refractivity contribution in [3.8, 4) is 0 Å². The van der Waals surface area contributed by atoms with Crippen LogP contribution in [-0.4, -0.2) is 34.2 Å². The molecule has 42 heavy (non-hydrogen) atoms. The lowest BCUT2D eigenvalue weighted by Gasteiger charge is -2.38. The lowest BCUT2D eigenvalue weighted by molar-refractivity contribution is -0.156. The molecular formula is C35H70O6S. The molecule has 6 nitrogen and oxygen atoms in total. The maximum atomic E-state index is 13.3. The van der Waals surface area contributed by atoms with Crippen LogP contribution in [0.2, 0.25) is 0 Å². The van der Waals surface area contributed by atoms with E-state index in [0.29, 0.717) is 19.3 Å². The van der Waals surface area contributed by atoms with Crippen LogP contribution in [0.5, 0.6) is 0 Å². The van der Waals surface area contributed by atoms with Gasteiger partial charge in [-0.05, 0) is 19.3 Å². The zero-order chi connectivity index (χ0) is 31.4. The molecule has 0 heterocycles. The predicted molar refractivity (Wildman–Crippen MR) is 177 cm³/mol. The number of ether oxygens (including phenoxy) is 1. The van der Waals surface area contributed by atoms with E-state index >= 15 is 0 Å². The number of hydrogen-bond donors (Lipinski definition) is 0. The summed E-state index contributed by atoms with van der Waals surface area (Å²) in [6, 6.07) is 0. The van der Waals surface area contributed by atoms with Crippen LogP contribution in [0.4, 0.5) is 0 Å². The Morgan fingerprint density at radius 3 is 1.21 bits per heavy atom. The van der Waals surface area contributed by atoms with Crippen molar-refractivity contribution in [3.05, 3.63) is 0 Å². The first kappa shape index (κ1) is 41.3. The summed E-state index contributed by atoms with van der Waals surface area (Å²) >= 11 is 0. The van der Waals surface area contributed by atoms with Crippen molar-refractivity contribution in [1.29, 1.82) is 0 Å². The highest BCUT2D eigenvalue weighted by Crippen LogP contribution is 2.40. The second-order valence-corrected chi connectivity index (χ2v) is 13.8. The molecule has 0 aromatic carbocycles. The van der Waals surface area contributed by atoms with Crippen LogP contribution in [0.3, 0.4) is 0 Å². The molecule has 0 aliphatic carbocycles. The van der Waals surface area contributed by atoms with E-state index in [2.05, 4.69) is 20.8 Å². The summed E-state index contributed by atoms with van der Waals surface area (Å²) in [6.45, 7) is 6.68. The van der Waals surface area contributed by atoms with Gasteiger partial charge in [0.15, 0.2) is 0 Å². The summed E-state index contributed by atoms with van der Waals surface area (Å²) in [5.41, 5.74) is -1.13. The van der Waals surface area contributed by atoms with E-state index in [1.165, 1.54) is 103 Å². The number of unbranched alkanes of at least 4 members (excludes halogenated alkanes) is 21. The Bertz CT molecular complexity index is 688. The van der Waals surface area contributed by atoms with E-state index in [9.17, 15) is 13.2 Å². The third-order valence-electron chi connectivity index (χ3n) is 8.85. The minimum absolute atomic E-state index is 0.358. The van der Waals surface area contributed by atoms with Crippen LogP contribution in [0.1, 0.15) is 194 Å². The smallest absolute Gasteiger partial charge is 0.400 e. The fraction of sp³-hybridized carbons (Fsp3) is 0.971. The number of carbonyl (C=O) groups excluding carboxylic acids is 1. The molecule has 0 aliphatic heterocycles. The number of esters is 1. The van der Waals surface area contributed by atoms with Gasteiger partial charge < -0.3 is 4.74 Å². The van der Waals surface area contributed by atoms with E-state index in [4.69, 9.17) is 13.1 Å². The van der Waals surface area contributed by atoms with Crippen molar-refractivity contribution in [2.75, 3.05) is 14.2 Å². The van der Waals surface area contributed by atoms with E-state index < -0.39 is 21.9 Å². The Balaban J connectivity index is 5.57. The number of hydrogen-bond acceptors (Lipinski definition) is 6. The quantitative estimate of drug-likeness (QED) is 0.0551. The van der Waals surface area contributed by atoms with Crippen molar-refractivity contribution >= 4 is 16.4 Å². The van der Waals surface area contributed by atoms with E-state index in [-0.39, 0.29) is 5.97 Å². The Morgan fingerprint density at radius 2 is 0.881 bits per heavy atom. The molecule has 0 fully saturated rings. The van der Waals surface area contributed by atoms with Gasteiger partial charge in [0.05, 0.1) is 20.1 Å². The zero-order valence-corrected chi connectivity index (χ0v) is 29.3. The Kier molecular flexibility index (Phi) is 27.4. The first-order valence-electron chi connectivity index (χ1n) is 17.9. The molecule has 0 bridgehead atoms. The molecule has 0 aromatic rings. The lowest BCUT2D eigenvalue weighted by atomic mass is 9.76. The van der Waals surface area contributed by atoms with Gasteiger partial charge in [-0.15, -0.1) is 0 Å². The van der Waals surface area contributed by atoms with Gasteiger partial charge in [0, 0.05) is 0 Å². The summed E-state index contributed by atoms with van der Waals surface area (Å²) in [7, 11) is -1.69. The van der Waals surface area contributed by atoms with E-state index in [1.807, 2.05) is 0 Å². The van der Waals surface area contributed by atoms with Gasteiger partial charge in [-0.2, -0.15) is 8.42 Å². The van der Waals surface area contributed by atoms with Gasteiger partial charge in [-0.25, -0.2) is 4.18 Å². The first-order valence-corrected chi connectivity index (χ1v) is 19.2. The molecule has 1 atom stereocenters. The van der Waals surface area contributed by atoms with Crippen LogP contribution in [0.25, 0.3) is 0 Å². The molecule has 0 saturated carbocycles. The topological polar surface area (TPSA) is 78.9 Å². The molecule has 0 radical (unpaired) electrons. The Hall–Kier alpha value is -0.660. The maximum absolute atomic E-state index is 13.3. The average Bonchev–Trinajstić information content (AvgIpc) is 2.98. The Morgan fingerprint density at radius 1 is 0.548 bits per heavy atom. The molecule has 7 heteroatoms. The van der Waals surface area contributed by atoms with Crippen molar-refractivity contribution in [1.82, 2.24) is 0 Å². The van der Waals surface area contributed by atoms with Crippen LogP contribution in [0.15, 0.2) is 0 Å². The molecule has 252 valence electrons. The van der Waals surface area contributed by atoms with Crippen LogP contribution in [0, 0.1) is 5.92 Å². The van der Waals surface area contributed by atoms with Crippen molar-refractivity contribution in [2.45, 2.75) is 200 Å². The van der Waals surface area contributed by atoms with Crippen LogP contribution in [-0.2, 0) is 28.3 Å². The van der Waals surface area contributed by atoms with Gasteiger partial charge in [0.25, 0.3) is 0 Å². The Labute approximate surface area is 262 Å². The number of methoxy groups -OCH3 is 1. The monoisotopic (exact) mass is 618 g/mol. The summed E-state index contributed by atoms with van der Waals surface area (Å²) in [5.74, 6) is -0.981. The second kappa shape index (κ2) is 27.9. The predicted octanol–water partition coefficient (Wildman–Crippen LogP) is 11.0. The van der Waals surface area contributed by atoms with E-state index in [0.717, 1.165) is 64.9 Å².